The normalized spacial score (nSPS) is 17.6. The third kappa shape index (κ3) is 5.64. The fourth-order valence-corrected chi connectivity index (χ4v) is 2.89. The maximum atomic E-state index is 11.7. The van der Waals surface area contributed by atoms with Gasteiger partial charge < -0.3 is 10.6 Å². The van der Waals surface area contributed by atoms with Crippen LogP contribution in [0, 0.1) is 13.8 Å². The number of carbonyl (C=O) groups excluding carboxylic acids is 1. The van der Waals surface area contributed by atoms with Crippen LogP contribution >= 0.6 is 24.2 Å². The number of aryl methyl sites for hydroxylation is 2. The third-order valence-electron chi connectivity index (χ3n) is 3.00. The number of carbonyl (C=O) groups is 1. The highest BCUT2D eigenvalue weighted by Crippen LogP contribution is 2.13. The average molecular weight is 317 g/mol. The molecule has 1 fully saturated rings. The van der Waals surface area contributed by atoms with E-state index in [1.165, 1.54) is 18.2 Å². The van der Waals surface area contributed by atoms with Gasteiger partial charge in [0.25, 0.3) is 0 Å². The summed E-state index contributed by atoms with van der Waals surface area (Å²) in [5.41, 5.74) is 1.87. The van der Waals surface area contributed by atoms with Crippen LogP contribution in [0.4, 0.5) is 0 Å². The second-order valence-electron chi connectivity index (χ2n) is 4.82. The first-order valence-corrected chi connectivity index (χ1v) is 7.57. The molecule has 1 aliphatic heterocycles. The number of hydrogen-bond acceptors (Lipinski definition) is 5. The first kappa shape index (κ1) is 17.2. The quantitative estimate of drug-likeness (QED) is 0.636. The maximum Gasteiger partial charge on any atom is 0.230 e. The molecule has 0 spiro atoms. The highest BCUT2D eigenvalue weighted by atomic mass is 35.5. The minimum absolute atomic E-state index is 0. The van der Waals surface area contributed by atoms with E-state index in [1.54, 1.807) is 0 Å². The molecule has 5 nitrogen and oxygen atoms in total. The molecule has 0 radical (unpaired) electrons. The van der Waals surface area contributed by atoms with Crippen LogP contribution in [0.2, 0.25) is 0 Å². The zero-order valence-electron chi connectivity index (χ0n) is 11.8. The van der Waals surface area contributed by atoms with Crippen molar-refractivity contribution in [2.45, 2.75) is 37.9 Å². The maximum absolute atomic E-state index is 11.7. The molecule has 1 aromatic rings. The molecular formula is C13H21ClN4OS. The number of aromatic nitrogens is 2. The Morgan fingerprint density at radius 1 is 1.45 bits per heavy atom. The summed E-state index contributed by atoms with van der Waals surface area (Å²) < 4.78 is 0. The monoisotopic (exact) mass is 316 g/mol. The molecule has 2 N–H and O–H groups in total. The molecule has 112 valence electrons. The first-order valence-electron chi connectivity index (χ1n) is 6.58. The van der Waals surface area contributed by atoms with Crippen LogP contribution in [0.15, 0.2) is 11.2 Å². The van der Waals surface area contributed by atoms with Crippen molar-refractivity contribution in [1.29, 1.82) is 0 Å². The molecule has 20 heavy (non-hydrogen) atoms. The molecule has 1 amide bonds. The molecule has 1 aliphatic rings. The summed E-state index contributed by atoms with van der Waals surface area (Å²) in [5.74, 6) is 0.414. The zero-order chi connectivity index (χ0) is 13.7. The Kier molecular flexibility index (Phi) is 7.26. The Morgan fingerprint density at radius 2 is 2.15 bits per heavy atom. The van der Waals surface area contributed by atoms with E-state index < -0.39 is 0 Å². The number of halogens is 1. The summed E-state index contributed by atoms with van der Waals surface area (Å²) in [6.07, 6.45) is 2.35. The number of nitrogens with zero attached hydrogens (tertiary/aromatic N) is 2. The molecule has 2 rings (SSSR count). The molecule has 0 bridgehead atoms. The number of hydrogen-bond donors (Lipinski definition) is 2. The van der Waals surface area contributed by atoms with E-state index in [0.29, 0.717) is 23.5 Å². The molecule has 0 saturated carbocycles. The fourth-order valence-electron chi connectivity index (χ4n) is 2.11. The lowest BCUT2D eigenvalue weighted by Crippen LogP contribution is -2.37. The largest absolute Gasteiger partial charge is 0.354 e. The van der Waals surface area contributed by atoms with Gasteiger partial charge in [0.05, 0.1) is 5.75 Å². The van der Waals surface area contributed by atoms with Crippen molar-refractivity contribution in [3.63, 3.8) is 0 Å². The molecular weight excluding hydrogens is 296 g/mol. The lowest BCUT2D eigenvalue weighted by Gasteiger charge is -2.11. The molecule has 1 unspecified atom stereocenters. The van der Waals surface area contributed by atoms with E-state index in [4.69, 9.17) is 0 Å². The van der Waals surface area contributed by atoms with Crippen LogP contribution in [0.1, 0.15) is 24.2 Å². The molecule has 7 heteroatoms. The number of thioether (sulfide) groups is 1. The van der Waals surface area contributed by atoms with Gasteiger partial charge in [-0.15, -0.1) is 12.4 Å². The van der Waals surface area contributed by atoms with Crippen LogP contribution in [-0.4, -0.2) is 40.8 Å². The summed E-state index contributed by atoms with van der Waals surface area (Å²) in [6, 6.07) is 2.36. The van der Waals surface area contributed by atoms with Crippen molar-refractivity contribution in [2.75, 3.05) is 18.8 Å². The second kappa shape index (κ2) is 8.44. The lowest BCUT2D eigenvalue weighted by molar-refractivity contribution is -0.118. The third-order valence-corrected chi connectivity index (χ3v) is 3.85. The van der Waals surface area contributed by atoms with Gasteiger partial charge in [-0.1, -0.05) is 11.8 Å². The van der Waals surface area contributed by atoms with Crippen LogP contribution in [0.5, 0.6) is 0 Å². The van der Waals surface area contributed by atoms with Gasteiger partial charge in [-0.05, 0) is 39.3 Å². The minimum atomic E-state index is 0. The minimum Gasteiger partial charge on any atom is -0.354 e. The van der Waals surface area contributed by atoms with Gasteiger partial charge in [0.2, 0.25) is 5.91 Å². The van der Waals surface area contributed by atoms with Gasteiger partial charge in [-0.2, -0.15) is 0 Å². The van der Waals surface area contributed by atoms with Crippen molar-refractivity contribution in [2.24, 2.45) is 0 Å². The highest BCUT2D eigenvalue weighted by Gasteiger charge is 2.14. The summed E-state index contributed by atoms with van der Waals surface area (Å²) >= 11 is 1.38. The summed E-state index contributed by atoms with van der Waals surface area (Å²) in [7, 11) is 0. The lowest BCUT2D eigenvalue weighted by atomic mass is 10.2. The molecule has 1 atom stereocenters. The fraction of sp³-hybridized carbons (Fsp3) is 0.615. The van der Waals surface area contributed by atoms with Gasteiger partial charge in [0.15, 0.2) is 5.16 Å². The SMILES string of the molecule is Cc1cc(C)nc(SCC(=O)NCC2CCCN2)n1.Cl. The van der Waals surface area contributed by atoms with Crippen molar-refractivity contribution >= 4 is 30.1 Å². The Balaban J connectivity index is 0.00000200. The van der Waals surface area contributed by atoms with Crippen LogP contribution < -0.4 is 10.6 Å². The zero-order valence-corrected chi connectivity index (χ0v) is 13.4. The summed E-state index contributed by atoms with van der Waals surface area (Å²) in [5, 5.41) is 6.97. The molecule has 0 aromatic carbocycles. The Bertz CT molecular complexity index is 432. The van der Waals surface area contributed by atoms with E-state index in [1.807, 2.05) is 19.9 Å². The first-order chi connectivity index (χ1) is 9.13. The van der Waals surface area contributed by atoms with Crippen molar-refractivity contribution < 1.29 is 4.79 Å². The van der Waals surface area contributed by atoms with Gasteiger partial charge in [0.1, 0.15) is 0 Å². The van der Waals surface area contributed by atoms with E-state index in [-0.39, 0.29) is 18.3 Å². The Morgan fingerprint density at radius 3 is 2.75 bits per heavy atom. The topological polar surface area (TPSA) is 66.9 Å². The van der Waals surface area contributed by atoms with Crippen LogP contribution in [0.3, 0.4) is 0 Å². The standard InChI is InChI=1S/C13H20N4OS.ClH/c1-9-6-10(2)17-13(16-9)19-8-12(18)15-7-11-4-3-5-14-11;/h6,11,14H,3-5,7-8H2,1-2H3,(H,15,18);1H. The number of rotatable bonds is 5. The van der Waals surface area contributed by atoms with E-state index in [9.17, 15) is 4.79 Å². The molecule has 2 heterocycles. The van der Waals surface area contributed by atoms with E-state index in [0.717, 1.165) is 24.4 Å². The molecule has 1 saturated heterocycles. The van der Waals surface area contributed by atoms with Gasteiger partial charge in [-0.25, -0.2) is 9.97 Å². The summed E-state index contributed by atoms with van der Waals surface area (Å²) in [4.78, 5) is 20.3. The Hall–Kier alpha value is -0.850. The second-order valence-corrected chi connectivity index (χ2v) is 5.76. The van der Waals surface area contributed by atoms with Crippen molar-refractivity contribution in [3.05, 3.63) is 17.5 Å². The Labute approximate surface area is 130 Å². The van der Waals surface area contributed by atoms with Crippen molar-refractivity contribution in [3.8, 4) is 0 Å². The average Bonchev–Trinajstić information content (AvgIpc) is 2.86. The van der Waals surface area contributed by atoms with Gasteiger partial charge in [-0.3, -0.25) is 4.79 Å². The number of nitrogens with one attached hydrogen (secondary N) is 2. The summed E-state index contributed by atoms with van der Waals surface area (Å²) in [6.45, 7) is 5.65. The van der Waals surface area contributed by atoms with Crippen molar-refractivity contribution in [1.82, 2.24) is 20.6 Å². The predicted octanol–water partition coefficient (Wildman–Crippen LogP) is 1.48. The van der Waals surface area contributed by atoms with Gasteiger partial charge >= 0.3 is 0 Å². The van der Waals surface area contributed by atoms with Crippen LogP contribution in [-0.2, 0) is 4.79 Å². The smallest absolute Gasteiger partial charge is 0.230 e. The molecule has 1 aromatic heterocycles. The highest BCUT2D eigenvalue weighted by molar-refractivity contribution is 7.99. The van der Waals surface area contributed by atoms with E-state index in [2.05, 4.69) is 20.6 Å². The van der Waals surface area contributed by atoms with Crippen LogP contribution in [0.25, 0.3) is 0 Å². The predicted molar refractivity (Wildman–Crippen MR) is 83.5 cm³/mol. The molecule has 0 aliphatic carbocycles. The van der Waals surface area contributed by atoms with Gasteiger partial charge in [0, 0.05) is 24.0 Å². The van der Waals surface area contributed by atoms with E-state index >= 15 is 0 Å². The number of amides is 1.